The largest absolute Gasteiger partial charge is 0.394 e. The highest BCUT2D eigenvalue weighted by molar-refractivity contribution is 5.76. The van der Waals surface area contributed by atoms with E-state index in [1.807, 2.05) is 6.08 Å². The Labute approximate surface area is 629 Å². The van der Waals surface area contributed by atoms with E-state index in [9.17, 15) is 45.6 Å². The minimum Gasteiger partial charge on any atom is -0.394 e. The van der Waals surface area contributed by atoms with Crippen molar-refractivity contribution in [3.63, 3.8) is 0 Å². The summed E-state index contributed by atoms with van der Waals surface area (Å²) in [6.45, 7) is 2.71. The number of rotatable bonds is 71. The summed E-state index contributed by atoms with van der Waals surface area (Å²) in [7, 11) is 0. The first kappa shape index (κ1) is 95.7. The Morgan fingerprint density at radius 1 is 0.359 bits per heavy atom. The van der Waals surface area contributed by atoms with Gasteiger partial charge in [-0.15, -0.1) is 0 Å². The molecule has 0 aromatic heterocycles. The number of unbranched alkanes of at least 4 members (excludes halogenated alkanes) is 42. The van der Waals surface area contributed by atoms with Crippen LogP contribution in [0.2, 0.25) is 0 Å². The van der Waals surface area contributed by atoms with E-state index in [0.29, 0.717) is 12.8 Å². The standard InChI is InChI=1S/C89H157NO13/c1-3-5-7-9-11-13-15-17-19-21-23-25-27-29-31-33-35-37-38-39-40-41-43-45-47-49-51-53-55-57-59-61-63-65-67-69-71-73-81(94)90-77(76-100-88-86(99)84(97)87(80(75-92)102-88)103-89-85(98)83(96)82(95)79(74-91)101-89)78(93)72-70-68-66-64-62-60-58-56-54-52-50-48-46-44-42-36-34-32-30-28-26-24-22-20-18-16-14-12-10-8-6-4-2/h5,7,11,13,17,19,23,25,29,31,35,37,39-40,62,64,70,72,77-80,82-89,91-93,95-99H,3-4,6,8-10,12,14-16,18,20-22,24,26-28,30,32-34,36,38,41-61,63,65-69,71,73-76H2,1-2H3,(H,90,94)/b7-5-,13-11-,19-17-,25-23-,31-29-,37-35-,40-39-,64-62+,72-70+. The zero-order chi connectivity index (χ0) is 74.4. The van der Waals surface area contributed by atoms with Crippen molar-refractivity contribution in [1.82, 2.24) is 5.32 Å². The molecule has 2 fully saturated rings. The van der Waals surface area contributed by atoms with E-state index < -0.39 is 86.8 Å². The summed E-state index contributed by atoms with van der Waals surface area (Å²) in [6.07, 6.45) is 87.5. The first-order chi connectivity index (χ1) is 50.6. The predicted octanol–water partition coefficient (Wildman–Crippen LogP) is 20.2. The number of hydrogen-bond donors (Lipinski definition) is 9. The van der Waals surface area contributed by atoms with Crippen LogP contribution in [0.15, 0.2) is 109 Å². The molecule has 2 aliphatic rings. The highest BCUT2D eigenvalue weighted by Crippen LogP contribution is 2.30. The normalized spacial score (nSPS) is 22.1. The van der Waals surface area contributed by atoms with Crippen LogP contribution < -0.4 is 5.32 Å². The summed E-state index contributed by atoms with van der Waals surface area (Å²) in [5.74, 6) is -0.248. The molecule has 0 bridgehead atoms. The fourth-order valence-corrected chi connectivity index (χ4v) is 13.5. The van der Waals surface area contributed by atoms with Crippen molar-refractivity contribution in [2.75, 3.05) is 19.8 Å². The molecule has 12 atom stereocenters. The Bertz CT molecular complexity index is 2150. The quantitative estimate of drug-likeness (QED) is 0.0204. The third-order valence-electron chi connectivity index (χ3n) is 20.2. The number of aliphatic hydroxyl groups is 8. The van der Waals surface area contributed by atoms with E-state index in [4.69, 9.17) is 18.9 Å². The predicted molar refractivity (Wildman–Crippen MR) is 429 cm³/mol. The Morgan fingerprint density at radius 2 is 0.680 bits per heavy atom. The van der Waals surface area contributed by atoms with Crippen molar-refractivity contribution in [2.45, 2.75) is 428 Å². The van der Waals surface area contributed by atoms with Crippen LogP contribution >= 0.6 is 0 Å². The van der Waals surface area contributed by atoms with Gasteiger partial charge in [0.1, 0.15) is 48.8 Å². The maximum atomic E-state index is 13.4. The number of hydrogen-bond acceptors (Lipinski definition) is 13. The second kappa shape index (κ2) is 71.6. The lowest BCUT2D eigenvalue weighted by Crippen LogP contribution is -2.65. The summed E-state index contributed by atoms with van der Waals surface area (Å²) in [5.41, 5.74) is 0. The SMILES string of the molecule is CC/C=C\C/C=C\C/C=C\C/C=C\C/C=C\C/C=C\C/C=C\CCCCCCCCCCCCCCCCCC(=O)NC(COC1OC(CO)C(OC2OC(CO)C(O)C(O)C2O)C(O)C1O)C(O)/C=C/CC/C=C/CCCCCCCCCCCCCCCCCCCCCCCCCCCC. The maximum Gasteiger partial charge on any atom is 0.220 e. The summed E-state index contributed by atoms with van der Waals surface area (Å²) in [5, 5.41) is 87.8. The van der Waals surface area contributed by atoms with Crippen LogP contribution in [0.5, 0.6) is 0 Å². The van der Waals surface area contributed by atoms with Gasteiger partial charge in [0, 0.05) is 6.42 Å². The van der Waals surface area contributed by atoms with Crippen molar-refractivity contribution in [3.8, 4) is 0 Å². The molecule has 0 aliphatic carbocycles. The van der Waals surface area contributed by atoms with Crippen molar-refractivity contribution in [1.29, 1.82) is 0 Å². The highest BCUT2D eigenvalue weighted by atomic mass is 16.7. The van der Waals surface area contributed by atoms with Crippen LogP contribution in [0.4, 0.5) is 0 Å². The molecule has 0 aromatic carbocycles. The molecule has 0 spiro atoms. The Hall–Kier alpha value is -3.35. The Morgan fingerprint density at radius 3 is 1.07 bits per heavy atom. The van der Waals surface area contributed by atoms with Gasteiger partial charge in [-0.1, -0.05) is 367 Å². The molecule has 0 saturated carbocycles. The molecule has 2 rings (SSSR count). The average molecular weight is 1450 g/mol. The summed E-state index contributed by atoms with van der Waals surface area (Å²) < 4.78 is 22.9. The van der Waals surface area contributed by atoms with Crippen LogP contribution in [0.1, 0.15) is 354 Å². The van der Waals surface area contributed by atoms with Gasteiger partial charge in [0.05, 0.1) is 32.0 Å². The van der Waals surface area contributed by atoms with Gasteiger partial charge in [0.15, 0.2) is 12.6 Å². The van der Waals surface area contributed by atoms with Crippen LogP contribution in [-0.4, -0.2) is 140 Å². The lowest BCUT2D eigenvalue weighted by atomic mass is 9.97. The van der Waals surface area contributed by atoms with Crippen LogP contribution in [0.3, 0.4) is 0 Å². The zero-order valence-electron chi connectivity index (χ0n) is 65.5. The molecule has 0 radical (unpaired) electrons. The molecular formula is C89H157NO13. The molecule has 2 saturated heterocycles. The van der Waals surface area contributed by atoms with E-state index in [0.717, 1.165) is 77.0 Å². The molecule has 9 N–H and O–H groups in total. The van der Waals surface area contributed by atoms with Crippen LogP contribution in [-0.2, 0) is 23.7 Å². The third kappa shape index (κ3) is 54.0. The molecule has 12 unspecified atom stereocenters. The number of ether oxygens (including phenoxy) is 4. The van der Waals surface area contributed by atoms with Gasteiger partial charge in [-0.05, 0) is 89.9 Å². The minimum absolute atomic E-state index is 0.248. The van der Waals surface area contributed by atoms with Gasteiger partial charge in [0.2, 0.25) is 5.91 Å². The summed E-state index contributed by atoms with van der Waals surface area (Å²) >= 11 is 0. The lowest BCUT2D eigenvalue weighted by molar-refractivity contribution is -0.359. The van der Waals surface area contributed by atoms with Crippen molar-refractivity contribution in [3.05, 3.63) is 109 Å². The Kier molecular flexibility index (Phi) is 66.5. The first-order valence-corrected chi connectivity index (χ1v) is 42.6. The number of amides is 1. The second-order valence-corrected chi connectivity index (χ2v) is 29.6. The van der Waals surface area contributed by atoms with Gasteiger partial charge in [0.25, 0.3) is 0 Å². The van der Waals surface area contributed by atoms with Crippen LogP contribution in [0, 0.1) is 0 Å². The molecule has 14 nitrogen and oxygen atoms in total. The number of nitrogens with one attached hydrogen (secondary N) is 1. The van der Waals surface area contributed by atoms with Crippen molar-refractivity contribution in [2.24, 2.45) is 0 Å². The fourth-order valence-electron chi connectivity index (χ4n) is 13.5. The van der Waals surface area contributed by atoms with E-state index >= 15 is 0 Å². The molecule has 103 heavy (non-hydrogen) atoms. The maximum absolute atomic E-state index is 13.4. The van der Waals surface area contributed by atoms with Gasteiger partial charge >= 0.3 is 0 Å². The molecule has 2 heterocycles. The Balaban J connectivity index is 1.61. The van der Waals surface area contributed by atoms with Gasteiger partial charge < -0.3 is 65.1 Å². The zero-order valence-corrected chi connectivity index (χ0v) is 65.5. The molecule has 14 heteroatoms. The smallest absolute Gasteiger partial charge is 0.220 e. The van der Waals surface area contributed by atoms with Gasteiger partial charge in [-0.3, -0.25) is 4.79 Å². The fraction of sp³-hybridized carbons (Fsp3) is 0.787. The van der Waals surface area contributed by atoms with Gasteiger partial charge in [-0.2, -0.15) is 0 Å². The van der Waals surface area contributed by atoms with Crippen molar-refractivity contribution >= 4 is 5.91 Å². The average Bonchev–Trinajstić information content (AvgIpc) is 0.791. The number of aliphatic hydroxyl groups excluding tert-OH is 8. The minimum atomic E-state index is -1.80. The highest BCUT2D eigenvalue weighted by Gasteiger charge is 2.51. The van der Waals surface area contributed by atoms with E-state index in [1.54, 1.807) is 6.08 Å². The molecule has 2 aliphatic heterocycles. The molecule has 0 aromatic rings. The monoisotopic (exact) mass is 1450 g/mol. The number of allylic oxidation sites excluding steroid dienone is 17. The topological polar surface area (TPSA) is 228 Å². The third-order valence-corrected chi connectivity index (χ3v) is 20.2. The lowest BCUT2D eigenvalue weighted by Gasteiger charge is -2.46. The van der Waals surface area contributed by atoms with Gasteiger partial charge in [-0.25, -0.2) is 0 Å². The first-order valence-electron chi connectivity index (χ1n) is 42.6. The molecule has 1 amide bonds. The van der Waals surface area contributed by atoms with Crippen LogP contribution in [0.25, 0.3) is 0 Å². The number of carbonyl (C=O) groups is 1. The second-order valence-electron chi connectivity index (χ2n) is 29.6. The van der Waals surface area contributed by atoms with E-state index in [2.05, 4.69) is 116 Å². The summed E-state index contributed by atoms with van der Waals surface area (Å²) in [4.78, 5) is 13.4. The van der Waals surface area contributed by atoms with E-state index in [-0.39, 0.29) is 18.9 Å². The number of carbonyl (C=O) groups excluding carboxylic acids is 1. The van der Waals surface area contributed by atoms with E-state index in [1.165, 1.54) is 244 Å². The molecule has 596 valence electrons. The van der Waals surface area contributed by atoms with Crippen molar-refractivity contribution < 1.29 is 64.6 Å². The summed E-state index contributed by atoms with van der Waals surface area (Å²) in [6, 6.07) is -0.940. The molecular weight excluding hydrogens is 1290 g/mol.